The number of carbonyl (C=O) groups excluding carboxylic acids is 1. The molecule has 0 aliphatic heterocycles. The molecule has 0 bridgehead atoms. The average molecular weight is 341 g/mol. The third-order valence-corrected chi connectivity index (χ3v) is 3.65. The minimum absolute atomic E-state index is 0.320. The third kappa shape index (κ3) is 6.37. The van der Waals surface area contributed by atoms with E-state index < -0.39 is 5.60 Å². The molecule has 2 aromatic carbocycles. The Morgan fingerprint density at radius 1 is 0.920 bits per heavy atom. The Labute approximate surface area is 149 Å². The molecule has 0 heterocycles. The van der Waals surface area contributed by atoms with Crippen molar-refractivity contribution in [2.24, 2.45) is 0 Å². The Balaban J connectivity index is 2.08. The van der Waals surface area contributed by atoms with Gasteiger partial charge in [0, 0.05) is 24.5 Å². The Hall–Kier alpha value is -2.69. The smallest absolute Gasteiger partial charge is 0.410 e. The van der Waals surface area contributed by atoms with Gasteiger partial charge in [-0.3, -0.25) is 0 Å². The van der Waals surface area contributed by atoms with Crippen molar-refractivity contribution >= 4 is 17.5 Å². The zero-order valence-corrected chi connectivity index (χ0v) is 15.2. The van der Waals surface area contributed by atoms with Crippen LogP contribution in [0.5, 0.6) is 0 Å². The molecule has 0 aromatic heterocycles. The molecule has 1 amide bonds. The molecule has 0 unspecified atom stereocenters. The maximum Gasteiger partial charge on any atom is 0.410 e. The van der Waals surface area contributed by atoms with E-state index in [0.29, 0.717) is 18.8 Å². The highest BCUT2D eigenvalue weighted by atomic mass is 16.6. The largest absolute Gasteiger partial charge is 0.444 e. The van der Waals surface area contributed by atoms with Gasteiger partial charge in [0.2, 0.25) is 0 Å². The first-order chi connectivity index (χ1) is 11.7. The lowest BCUT2D eigenvalue weighted by atomic mass is 10.1. The fourth-order valence-corrected chi connectivity index (χ4v) is 2.35. The van der Waals surface area contributed by atoms with Crippen LogP contribution < -0.4 is 11.5 Å². The molecule has 134 valence electrons. The molecule has 5 nitrogen and oxygen atoms in total. The SMILES string of the molecule is CC(C)(C)OC(=O)N(CCc1ccc(N)cc1)Cc1ccc(N)cc1. The van der Waals surface area contributed by atoms with E-state index >= 15 is 0 Å². The predicted molar refractivity (Wildman–Crippen MR) is 102 cm³/mol. The minimum Gasteiger partial charge on any atom is -0.444 e. The van der Waals surface area contributed by atoms with Crippen LogP contribution in [0.15, 0.2) is 48.5 Å². The van der Waals surface area contributed by atoms with E-state index in [0.717, 1.165) is 23.2 Å². The second kappa shape index (κ2) is 7.92. The first-order valence-electron chi connectivity index (χ1n) is 8.40. The maximum atomic E-state index is 12.6. The van der Waals surface area contributed by atoms with Gasteiger partial charge < -0.3 is 21.1 Å². The van der Waals surface area contributed by atoms with Gasteiger partial charge in [-0.05, 0) is 62.6 Å². The van der Waals surface area contributed by atoms with E-state index in [1.54, 1.807) is 4.90 Å². The van der Waals surface area contributed by atoms with E-state index in [4.69, 9.17) is 16.2 Å². The summed E-state index contributed by atoms with van der Waals surface area (Å²) < 4.78 is 5.55. The van der Waals surface area contributed by atoms with E-state index in [9.17, 15) is 4.79 Å². The summed E-state index contributed by atoms with van der Waals surface area (Å²) in [5, 5.41) is 0. The van der Waals surface area contributed by atoms with Gasteiger partial charge in [-0.25, -0.2) is 4.79 Å². The molecule has 0 saturated carbocycles. The summed E-state index contributed by atoms with van der Waals surface area (Å²) in [6, 6.07) is 15.2. The molecule has 0 atom stereocenters. The van der Waals surface area contributed by atoms with Gasteiger partial charge in [0.05, 0.1) is 0 Å². The summed E-state index contributed by atoms with van der Waals surface area (Å²) in [5.74, 6) is 0. The number of hydrogen-bond acceptors (Lipinski definition) is 4. The predicted octanol–water partition coefficient (Wildman–Crippen LogP) is 3.83. The van der Waals surface area contributed by atoms with Crippen molar-refractivity contribution < 1.29 is 9.53 Å². The van der Waals surface area contributed by atoms with Crippen molar-refractivity contribution in [3.8, 4) is 0 Å². The molecule has 2 rings (SSSR count). The van der Waals surface area contributed by atoms with E-state index in [1.165, 1.54) is 0 Å². The van der Waals surface area contributed by atoms with Crippen molar-refractivity contribution in [1.82, 2.24) is 4.90 Å². The average Bonchev–Trinajstić information content (AvgIpc) is 2.53. The summed E-state index contributed by atoms with van der Waals surface area (Å²) in [7, 11) is 0. The number of ether oxygens (including phenoxy) is 1. The Morgan fingerprint density at radius 3 is 1.88 bits per heavy atom. The minimum atomic E-state index is -0.530. The quantitative estimate of drug-likeness (QED) is 0.810. The lowest BCUT2D eigenvalue weighted by molar-refractivity contribution is 0.0236. The molecular weight excluding hydrogens is 314 g/mol. The van der Waals surface area contributed by atoms with Crippen LogP contribution in [0, 0.1) is 0 Å². The first kappa shape index (κ1) is 18.6. The highest BCUT2D eigenvalue weighted by molar-refractivity contribution is 5.68. The van der Waals surface area contributed by atoms with Gasteiger partial charge in [-0.2, -0.15) is 0 Å². The molecule has 5 heteroatoms. The van der Waals surface area contributed by atoms with Gasteiger partial charge in [-0.1, -0.05) is 24.3 Å². The summed E-state index contributed by atoms with van der Waals surface area (Å²) >= 11 is 0. The molecule has 0 aliphatic carbocycles. The molecule has 0 aliphatic rings. The highest BCUT2D eigenvalue weighted by Gasteiger charge is 2.22. The lowest BCUT2D eigenvalue weighted by Crippen LogP contribution is -2.37. The van der Waals surface area contributed by atoms with Crippen molar-refractivity contribution in [1.29, 1.82) is 0 Å². The van der Waals surface area contributed by atoms with Crippen LogP contribution in [-0.4, -0.2) is 23.1 Å². The highest BCUT2D eigenvalue weighted by Crippen LogP contribution is 2.15. The van der Waals surface area contributed by atoms with Gasteiger partial charge in [0.25, 0.3) is 0 Å². The topological polar surface area (TPSA) is 81.6 Å². The number of nitrogens with two attached hydrogens (primary N) is 2. The number of rotatable bonds is 5. The van der Waals surface area contributed by atoms with Crippen LogP contribution in [0.25, 0.3) is 0 Å². The van der Waals surface area contributed by atoms with Crippen LogP contribution in [0.3, 0.4) is 0 Å². The molecular formula is C20H27N3O2. The van der Waals surface area contributed by atoms with E-state index in [-0.39, 0.29) is 6.09 Å². The normalized spacial score (nSPS) is 11.2. The van der Waals surface area contributed by atoms with Crippen molar-refractivity contribution in [2.45, 2.75) is 39.3 Å². The number of nitrogens with zero attached hydrogens (tertiary/aromatic N) is 1. The lowest BCUT2D eigenvalue weighted by Gasteiger charge is -2.27. The van der Waals surface area contributed by atoms with Gasteiger partial charge >= 0.3 is 6.09 Å². The molecule has 0 radical (unpaired) electrons. The number of amides is 1. The molecule has 0 fully saturated rings. The fraction of sp³-hybridized carbons (Fsp3) is 0.350. The standard InChI is InChI=1S/C20H27N3O2/c1-20(2,3)25-19(24)23(14-16-6-10-18(22)11-7-16)13-12-15-4-8-17(21)9-5-15/h4-11H,12-14,21-22H2,1-3H3. The zero-order chi connectivity index (χ0) is 18.4. The summed E-state index contributed by atoms with van der Waals surface area (Å²) in [4.78, 5) is 14.3. The molecule has 4 N–H and O–H groups in total. The monoisotopic (exact) mass is 341 g/mol. The van der Waals surface area contributed by atoms with Gasteiger partial charge in [0.15, 0.2) is 0 Å². The van der Waals surface area contributed by atoms with Crippen LogP contribution >= 0.6 is 0 Å². The Morgan fingerprint density at radius 2 is 1.40 bits per heavy atom. The third-order valence-electron chi connectivity index (χ3n) is 3.65. The van der Waals surface area contributed by atoms with Crippen molar-refractivity contribution in [2.75, 3.05) is 18.0 Å². The van der Waals surface area contributed by atoms with Crippen LogP contribution in [0.4, 0.5) is 16.2 Å². The number of carbonyl (C=O) groups is 1. The Kier molecular flexibility index (Phi) is 5.91. The van der Waals surface area contributed by atoms with Crippen LogP contribution in [0.1, 0.15) is 31.9 Å². The number of hydrogen-bond donors (Lipinski definition) is 2. The summed E-state index contributed by atoms with van der Waals surface area (Å²) in [6.07, 6.45) is 0.411. The number of nitrogen functional groups attached to an aromatic ring is 2. The fourth-order valence-electron chi connectivity index (χ4n) is 2.35. The maximum absolute atomic E-state index is 12.6. The molecule has 2 aromatic rings. The number of anilines is 2. The molecule has 0 spiro atoms. The van der Waals surface area contributed by atoms with Crippen LogP contribution in [0.2, 0.25) is 0 Å². The van der Waals surface area contributed by atoms with E-state index in [1.807, 2.05) is 69.3 Å². The number of benzene rings is 2. The van der Waals surface area contributed by atoms with Gasteiger partial charge in [-0.15, -0.1) is 0 Å². The first-order valence-corrected chi connectivity index (χ1v) is 8.40. The van der Waals surface area contributed by atoms with Gasteiger partial charge in [0.1, 0.15) is 5.60 Å². The van der Waals surface area contributed by atoms with Crippen molar-refractivity contribution in [3.05, 3.63) is 59.7 Å². The summed E-state index contributed by atoms with van der Waals surface area (Å²) in [6.45, 7) is 6.64. The summed E-state index contributed by atoms with van der Waals surface area (Å²) in [5.41, 5.74) is 14.5. The van der Waals surface area contributed by atoms with Crippen LogP contribution in [-0.2, 0) is 17.7 Å². The second-order valence-corrected chi connectivity index (χ2v) is 7.14. The second-order valence-electron chi connectivity index (χ2n) is 7.14. The zero-order valence-electron chi connectivity index (χ0n) is 15.2. The molecule has 25 heavy (non-hydrogen) atoms. The van der Waals surface area contributed by atoms with E-state index in [2.05, 4.69) is 0 Å². The molecule has 0 saturated heterocycles. The Bertz CT molecular complexity index is 688. The van der Waals surface area contributed by atoms with Crippen molar-refractivity contribution in [3.63, 3.8) is 0 Å².